The summed E-state index contributed by atoms with van der Waals surface area (Å²) in [5.41, 5.74) is 0.400. The highest BCUT2D eigenvalue weighted by Gasteiger charge is 2.35. The zero-order valence-electron chi connectivity index (χ0n) is 13.3. The van der Waals surface area contributed by atoms with Gasteiger partial charge in [-0.2, -0.15) is 13.2 Å². The fraction of sp³-hybridized carbons (Fsp3) is 0.188. The average Bonchev–Trinajstić information content (AvgIpc) is 2.51. The molecule has 5 nitrogen and oxygen atoms in total. The summed E-state index contributed by atoms with van der Waals surface area (Å²) in [5.74, 6) is 0. The van der Waals surface area contributed by atoms with Crippen LogP contribution in [0.2, 0.25) is 0 Å². The van der Waals surface area contributed by atoms with Gasteiger partial charge in [0.2, 0.25) is 0 Å². The predicted octanol–water partition coefficient (Wildman–Crippen LogP) is 5.04. The Morgan fingerprint density at radius 2 is 1.76 bits per heavy atom. The number of alkyl halides is 3. The molecule has 25 heavy (non-hydrogen) atoms. The van der Waals surface area contributed by atoms with E-state index in [1.165, 1.54) is 0 Å². The molecule has 0 spiro atoms. The lowest BCUT2D eigenvalue weighted by molar-refractivity contribution is -0.385. The molecule has 2 aromatic rings. The van der Waals surface area contributed by atoms with E-state index in [2.05, 4.69) is 10.6 Å². The normalized spacial score (nSPS) is 11.1. The van der Waals surface area contributed by atoms with Crippen LogP contribution in [0.3, 0.4) is 0 Å². The number of hydrogen-bond donors (Lipinski definition) is 2. The fourth-order valence-corrected chi connectivity index (χ4v) is 2.37. The van der Waals surface area contributed by atoms with E-state index in [-0.39, 0.29) is 10.8 Å². The summed E-state index contributed by atoms with van der Waals surface area (Å²) in [6.07, 6.45) is -4.76. The maximum Gasteiger partial charge on any atom is 0.418 e. The van der Waals surface area contributed by atoms with Crippen molar-refractivity contribution in [2.75, 3.05) is 10.6 Å². The number of nitrogens with one attached hydrogen (secondary N) is 2. The molecule has 2 aromatic carbocycles. The molecule has 0 unspecified atom stereocenters. The summed E-state index contributed by atoms with van der Waals surface area (Å²) in [7, 11) is 0. The van der Waals surface area contributed by atoms with Gasteiger partial charge in [0.05, 0.1) is 16.2 Å². The summed E-state index contributed by atoms with van der Waals surface area (Å²) in [5, 5.41) is 15.9. The molecular formula is C16H14F3N3O2S. The van der Waals surface area contributed by atoms with Crippen molar-refractivity contribution in [3.05, 3.63) is 63.2 Å². The lowest BCUT2D eigenvalue weighted by atomic mass is 10.1. The molecule has 0 bridgehead atoms. The molecular weight excluding hydrogens is 355 g/mol. The third-order valence-corrected chi connectivity index (χ3v) is 3.82. The van der Waals surface area contributed by atoms with Crippen LogP contribution in [0.15, 0.2) is 36.4 Å². The first-order valence-electron chi connectivity index (χ1n) is 7.09. The highest BCUT2D eigenvalue weighted by molar-refractivity contribution is 7.80. The second-order valence-corrected chi connectivity index (χ2v) is 5.72. The lowest BCUT2D eigenvalue weighted by Gasteiger charge is -2.17. The van der Waals surface area contributed by atoms with Crippen LogP contribution in [0.1, 0.15) is 16.7 Å². The van der Waals surface area contributed by atoms with Crippen LogP contribution >= 0.6 is 12.2 Å². The molecule has 2 N–H and O–H groups in total. The Balaban J connectivity index is 2.28. The lowest BCUT2D eigenvalue weighted by Crippen LogP contribution is -2.22. The number of nitrogens with zero attached hydrogens (tertiary/aromatic N) is 1. The first kappa shape index (κ1) is 18.7. The number of halogens is 3. The summed E-state index contributed by atoms with van der Waals surface area (Å²) >= 11 is 5.06. The molecule has 0 heterocycles. The standard InChI is InChI=1S/C16H14F3N3O2S/c1-9-4-3-5-13(10(9)2)20-15(25)21-14-7-6-11(22(23)24)8-12(14)16(17,18)19/h3-8H,1-2H3,(H2,20,21,25). The van der Waals surface area contributed by atoms with Crippen LogP contribution in [0.5, 0.6) is 0 Å². The van der Waals surface area contributed by atoms with Crippen LogP contribution in [0.25, 0.3) is 0 Å². The third-order valence-electron chi connectivity index (χ3n) is 3.62. The topological polar surface area (TPSA) is 67.2 Å². The first-order valence-corrected chi connectivity index (χ1v) is 7.50. The number of benzene rings is 2. The summed E-state index contributed by atoms with van der Waals surface area (Å²) in [4.78, 5) is 9.82. The Morgan fingerprint density at radius 3 is 2.36 bits per heavy atom. The summed E-state index contributed by atoms with van der Waals surface area (Å²) < 4.78 is 39.5. The molecule has 0 aliphatic rings. The van der Waals surface area contributed by atoms with Gasteiger partial charge in [-0.05, 0) is 49.3 Å². The Labute approximate surface area is 147 Å². The maximum atomic E-state index is 13.2. The van der Waals surface area contributed by atoms with Gasteiger partial charge in [0, 0.05) is 17.8 Å². The van der Waals surface area contributed by atoms with Crippen molar-refractivity contribution in [2.24, 2.45) is 0 Å². The number of thiocarbonyl (C=S) groups is 1. The highest BCUT2D eigenvalue weighted by Crippen LogP contribution is 2.37. The van der Waals surface area contributed by atoms with Crippen molar-refractivity contribution in [1.29, 1.82) is 0 Å². The van der Waals surface area contributed by atoms with Gasteiger partial charge in [-0.3, -0.25) is 10.1 Å². The molecule has 0 amide bonds. The highest BCUT2D eigenvalue weighted by atomic mass is 32.1. The van der Waals surface area contributed by atoms with E-state index in [1.54, 1.807) is 12.1 Å². The molecule has 0 aliphatic heterocycles. The molecule has 0 radical (unpaired) electrons. The van der Waals surface area contributed by atoms with Gasteiger partial charge in [0.25, 0.3) is 5.69 Å². The third kappa shape index (κ3) is 4.44. The Morgan fingerprint density at radius 1 is 1.12 bits per heavy atom. The van der Waals surface area contributed by atoms with Crippen LogP contribution in [-0.4, -0.2) is 10.0 Å². The van der Waals surface area contributed by atoms with Crippen molar-refractivity contribution in [3.63, 3.8) is 0 Å². The van der Waals surface area contributed by atoms with Crippen molar-refractivity contribution >= 4 is 34.4 Å². The Bertz CT molecular complexity index is 838. The van der Waals surface area contributed by atoms with E-state index in [9.17, 15) is 23.3 Å². The van der Waals surface area contributed by atoms with Crippen LogP contribution in [-0.2, 0) is 6.18 Å². The second-order valence-electron chi connectivity index (χ2n) is 5.31. The summed E-state index contributed by atoms with van der Waals surface area (Å²) in [6, 6.07) is 7.88. The number of anilines is 2. The smallest absolute Gasteiger partial charge is 0.332 e. The number of aryl methyl sites for hydroxylation is 1. The number of nitro groups is 1. The molecule has 2 rings (SSSR count). The molecule has 0 saturated heterocycles. The SMILES string of the molecule is Cc1cccc(NC(=S)Nc2ccc([N+](=O)[O-])cc2C(F)(F)F)c1C. The molecule has 0 aliphatic carbocycles. The van der Waals surface area contributed by atoms with E-state index in [4.69, 9.17) is 12.2 Å². The molecule has 0 saturated carbocycles. The minimum absolute atomic E-state index is 0.0481. The molecule has 0 fully saturated rings. The van der Waals surface area contributed by atoms with Gasteiger partial charge in [-0.1, -0.05) is 12.1 Å². The van der Waals surface area contributed by atoms with E-state index in [1.807, 2.05) is 19.9 Å². The van der Waals surface area contributed by atoms with Gasteiger partial charge >= 0.3 is 6.18 Å². The average molecular weight is 369 g/mol. The van der Waals surface area contributed by atoms with Gasteiger partial charge in [-0.15, -0.1) is 0 Å². The van der Waals surface area contributed by atoms with Crippen molar-refractivity contribution < 1.29 is 18.1 Å². The summed E-state index contributed by atoms with van der Waals surface area (Å²) in [6.45, 7) is 3.75. The number of nitro benzene ring substituents is 1. The molecule has 0 atom stereocenters. The van der Waals surface area contributed by atoms with E-state index in [0.29, 0.717) is 11.8 Å². The van der Waals surface area contributed by atoms with Crippen LogP contribution in [0, 0.1) is 24.0 Å². The first-order chi connectivity index (χ1) is 11.6. The van der Waals surface area contributed by atoms with Crippen LogP contribution < -0.4 is 10.6 Å². The Kier molecular flexibility index (Phi) is 5.27. The predicted molar refractivity (Wildman–Crippen MR) is 93.9 cm³/mol. The van der Waals surface area contributed by atoms with E-state index < -0.39 is 22.4 Å². The Hall–Kier alpha value is -2.68. The quantitative estimate of drug-likeness (QED) is 0.451. The fourth-order valence-electron chi connectivity index (χ4n) is 2.15. The van der Waals surface area contributed by atoms with Crippen molar-refractivity contribution in [1.82, 2.24) is 0 Å². The minimum Gasteiger partial charge on any atom is -0.332 e. The zero-order chi connectivity index (χ0) is 18.8. The van der Waals surface area contributed by atoms with Crippen molar-refractivity contribution in [2.45, 2.75) is 20.0 Å². The maximum absolute atomic E-state index is 13.2. The molecule has 9 heteroatoms. The monoisotopic (exact) mass is 369 g/mol. The number of rotatable bonds is 3. The minimum atomic E-state index is -4.76. The second kappa shape index (κ2) is 7.06. The number of hydrogen-bond acceptors (Lipinski definition) is 3. The van der Waals surface area contributed by atoms with Gasteiger partial charge in [-0.25, -0.2) is 0 Å². The largest absolute Gasteiger partial charge is 0.418 e. The number of non-ortho nitro benzene ring substituents is 1. The van der Waals surface area contributed by atoms with Gasteiger partial charge < -0.3 is 10.6 Å². The molecule has 0 aromatic heterocycles. The van der Waals surface area contributed by atoms with E-state index >= 15 is 0 Å². The van der Waals surface area contributed by atoms with Crippen LogP contribution in [0.4, 0.5) is 30.2 Å². The molecule has 132 valence electrons. The van der Waals surface area contributed by atoms with Gasteiger partial charge in [0.15, 0.2) is 5.11 Å². The van der Waals surface area contributed by atoms with E-state index in [0.717, 1.165) is 23.3 Å². The van der Waals surface area contributed by atoms with Gasteiger partial charge in [0.1, 0.15) is 0 Å². The van der Waals surface area contributed by atoms with Crippen molar-refractivity contribution in [3.8, 4) is 0 Å². The zero-order valence-corrected chi connectivity index (χ0v) is 14.1.